The van der Waals surface area contributed by atoms with Gasteiger partial charge in [0.2, 0.25) is 5.91 Å². The second-order valence-corrected chi connectivity index (χ2v) is 7.73. The number of nitrogens with zero attached hydrogens (tertiary/aromatic N) is 3. The van der Waals surface area contributed by atoms with Crippen LogP contribution in [0.3, 0.4) is 0 Å². The fourth-order valence-electron chi connectivity index (χ4n) is 2.51. The number of urea groups is 1. The maximum absolute atomic E-state index is 11.8. The minimum Gasteiger partial charge on any atom is -0.341 e. The molecule has 0 fully saturated rings. The molecule has 10 heteroatoms. The van der Waals surface area contributed by atoms with Gasteiger partial charge < -0.3 is 5.32 Å². The van der Waals surface area contributed by atoms with Crippen LogP contribution in [0.25, 0.3) is 17.1 Å². The summed E-state index contributed by atoms with van der Waals surface area (Å²) in [6.07, 6.45) is 0.150. The molecule has 0 aliphatic heterocycles. The summed E-state index contributed by atoms with van der Waals surface area (Å²) in [5.41, 5.74) is 1.55. The van der Waals surface area contributed by atoms with E-state index in [-0.39, 0.29) is 12.3 Å². The van der Waals surface area contributed by atoms with Crippen LogP contribution in [0.5, 0.6) is 0 Å². The van der Waals surface area contributed by atoms with Gasteiger partial charge in [0.25, 0.3) is 0 Å². The third-order valence-corrected chi connectivity index (χ3v) is 5.34. The van der Waals surface area contributed by atoms with Crippen LogP contribution in [0.4, 0.5) is 4.79 Å². The second-order valence-electron chi connectivity index (χ2n) is 5.83. The lowest BCUT2D eigenvalue weighted by molar-refractivity contribution is -0.119. The van der Waals surface area contributed by atoms with Gasteiger partial charge in [-0.2, -0.15) is 0 Å². The van der Waals surface area contributed by atoms with E-state index in [2.05, 4.69) is 20.8 Å². The summed E-state index contributed by atoms with van der Waals surface area (Å²) >= 11 is 13.7. The summed E-state index contributed by atoms with van der Waals surface area (Å²) in [7, 11) is 1.45. The first kappa shape index (κ1) is 21.2. The number of thioether (sulfide) groups is 1. The van der Waals surface area contributed by atoms with Crippen LogP contribution in [0, 0.1) is 0 Å². The molecule has 3 rings (SSSR count). The Hall–Kier alpha value is -2.55. The van der Waals surface area contributed by atoms with E-state index < -0.39 is 6.03 Å². The maximum atomic E-state index is 11.8. The van der Waals surface area contributed by atoms with E-state index in [0.29, 0.717) is 32.3 Å². The van der Waals surface area contributed by atoms with Crippen molar-refractivity contribution in [1.29, 1.82) is 0 Å². The number of rotatable bonds is 6. The largest absolute Gasteiger partial charge is 0.341 e. The molecule has 3 aromatic rings. The van der Waals surface area contributed by atoms with Gasteiger partial charge in [0.15, 0.2) is 11.0 Å². The molecule has 1 heterocycles. The Morgan fingerprint density at radius 3 is 2.55 bits per heavy atom. The Morgan fingerprint density at radius 1 is 1.10 bits per heavy atom. The van der Waals surface area contributed by atoms with Crippen LogP contribution in [-0.4, -0.2) is 39.5 Å². The van der Waals surface area contributed by atoms with E-state index >= 15 is 0 Å². The molecule has 0 radical (unpaired) electrons. The lowest BCUT2D eigenvalue weighted by Gasteiger charge is -2.11. The third-order valence-electron chi connectivity index (χ3n) is 3.86. The summed E-state index contributed by atoms with van der Waals surface area (Å²) in [5.74, 6) is 0.612. The number of hydrogen-bond acceptors (Lipinski definition) is 5. The average molecular weight is 450 g/mol. The van der Waals surface area contributed by atoms with E-state index in [1.54, 1.807) is 18.2 Å². The van der Waals surface area contributed by atoms with Crippen LogP contribution in [0.2, 0.25) is 10.0 Å². The van der Waals surface area contributed by atoms with Crippen molar-refractivity contribution < 1.29 is 9.59 Å². The number of nitrogens with one attached hydrogen (secondary N) is 2. The molecule has 0 bridgehead atoms. The average Bonchev–Trinajstić information content (AvgIpc) is 3.12. The summed E-state index contributed by atoms with van der Waals surface area (Å²) in [4.78, 5) is 23.0. The zero-order valence-corrected chi connectivity index (χ0v) is 17.7. The fraction of sp³-hybridized carbons (Fsp3) is 0.158. The molecule has 7 nitrogen and oxygen atoms in total. The topological polar surface area (TPSA) is 88.9 Å². The number of benzene rings is 2. The number of hydrogen-bond donors (Lipinski definition) is 2. The lowest BCUT2D eigenvalue weighted by Crippen LogP contribution is -2.37. The van der Waals surface area contributed by atoms with Crippen molar-refractivity contribution >= 4 is 46.9 Å². The van der Waals surface area contributed by atoms with Gasteiger partial charge in [-0.1, -0.05) is 53.2 Å². The van der Waals surface area contributed by atoms with Crippen LogP contribution >= 0.6 is 35.0 Å². The van der Waals surface area contributed by atoms with Crippen molar-refractivity contribution in [3.8, 4) is 17.1 Å². The lowest BCUT2D eigenvalue weighted by atomic mass is 10.2. The zero-order valence-electron chi connectivity index (χ0n) is 15.4. The zero-order chi connectivity index (χ0) is 20.8. The molecule has 3 amide bonds. The molecule has 29 heavy (non-hydrogen) atoms. The Balaban J connectivity index is 1.87. The van der Waals surface area contributed by atoms with Gasteiger partial charge in [0.05, 0.1) is 5.02 Å². The van der Waals surface area contributed by atoms with Crippen molar-refractivity contribution in [2.45, 2.75) is 11.6 Å². The molecule has 0 spiro atoms. The van der Waals surface area contributed by atoms with E-state index in [0.717, 1.165) is 5.69 Å². The second kappa shape index (κ2) is 9.78. The predicted octanol–water partition coefficient (Wildman–Crippen LogP) is 4.18. The molecule has 0 aliphatic rings. The maximum Gasteiger partial charge on any atom is 0.321 e. The molecular formula is C19H17Cl2N5O2S. The van der Waals surface area contributed by atoms with Crippen LogP contribution in [0.1, 0.15) is 6.42 Å². The summed E-state index contributed by atoms with van der Waals surface area (Å²) in [6, 6.07) is 14.2. The number of halogens is 2. The van der Waals surface area contributed by atoms with Gasteiger partial charge in [0, 0.05) is 35.5 Å². The Bertz CT molecular complexity index is 1030. The Kier molecular flexibility index (Phi) is 7.13. The summed E-state index contributed by atoms with van der Waals surface area (Å²) in [6.45, 7) is 0. The van der Waals surface area contributed by atoms with Crippen LogP contribution in [-0.2, 0) is 4.79 Å². The molecule has 150 valence electrons. The first-order chi connectivity index (χ1) is 14.0. The summed E-state index contributed by atoms with van der Waals surface area (Å²) < 4.78 is 1.87. The van der Waals surface area contributed by atoms with Crippen molar-refractivity contribution in [3.63, 3.8) is 0 Å². The van der Waals surface area contributed by atoms with E-state index in [1.807, 2.05) is 34.9 Å². The molecule has 0 aliphatic carbocycles. The minimum atomic E-state index is -0.535. The van der Waals surface area contributed by atoms with E-state index in [4.69, 9.17) is 23.2 Å². The molecule has 0 unspecified atom stereocenters. The molecule has 0 atom stereocenters. The third kappa shape index (κ3) is 5.29. The Labute approximate surface area is 181 Å². The molecule has 2 N–H and O–H groups in total. The number of para-hydroxylation sites is 1. The standard InChI is InChI=1S/C19H17Cl2N5O2S/c1-22-18(28)23-16(27)9-10-29-19-25-24-17(14-8-7-12(20)11-15(14)21)26(19)13-5-3-2-4-6-13/h2-8,11H,9-10H2,1H3,(H2,22,23,27,28). The van der Waals surface area contributed by atoms with Crippen LogP contribution < -0.4 is 10.6 Å². The SMILES string of the molecule is CNC(=O)NC(=O)CCSc1nnc(-c2ccc(Cl)cc2Cl)n1-c1ccccc1. The number of imide groups is 1. The van der Waals surface area contributed by atoms with E-state index in [9.17, 15) is 9.59 Å². The fourth-order valence-corrected chi connectivity index (χ4v) is 3.89. The number of carbonyl (C=O) groups is 2. The first-order valence-corrected chi connectivity index (χ1v) is 10.3. The van der Waals surface area contributed by atoms with Gasteiger partial charge in [-0.15, -0.1) is 10.2 Å². The highest BCUT2D eigenvalue weighted by Crippen LogP contribution is 2.33. The van der Waals surface area contributed by atoms with Gasteiger partial charge >= 0.3 is 6.03 Å². The van der Waals surface area contributed by atoms with Crippen molar-refractivity contribution in [2.24, 2.45) is 0 Å². The van der Waals surface area contributed by atoms with Crippen molar-refractivity contribution in [1.82, 2.24) is 25.4 Å². The highest BCUT2D eigenvalue weighted by atomic mass is 35.5. The molecule has 1 aromatic heterocycles. The van der Waals surface area contributed by atoms with E-state index in [1.165, 1.54) is 18.8 Å². The quantitative estimate of drug-likeness (QED) is 0.550. The molecule has 2 aromatic carbocycles. The number of aromatic nitrogens is 3. The van der Waals surface area contributed by atoms with Gasteiger partial charge in [0.1, 0.15) is 0 Å². The van der Waals surface area contributed by atoms with Gasteiger partial charge in [-0.25, -0.2) is 4.79 Å². The molecular weight excluding hydrogens is 433 g/mol. The molecule has 0 saturated heterocycles. The highest BCUT2D eigenvalue weighted by Gasteiger charge is 2.18. The summed E-state index contributed by atoms with van der Waals surface area (Å²) in [5, 5.41) is 14.8. The van der Waals surface area contributed by atoms with Gasteiger partial charge in [-0.05, 0) is 30.3 Å². The van der Waals surface area contributed by atoms with Gasteiger partial charge in [-0.3, -0.25) is 14.7 Å². The predicted molar refractivity (Wildman–Crippen MR) is 115 cm³/mol. The smallest absolute Gasteiger partial charge is 0.321 e. The minimum absolute atomic E-state index is 0.150. The van der Waals surface area contributed by atoms with Crippen LogP contribution in [0.15, 0.2) is 53.7 Å². The first-order valence-electron chi connectivity index (χ1n) is 8.60. The van der Waals surface area contributed by atoms with Crippen molar-refractivity contribution in [3.05, 3.63) is 58.6 Å². The van der Waals surface area contributed by atoms with Crippen molar-refractivity contribution in [2.75, 3.05) is 12.8 Å². The number of carbonyl (C=O) groups excluding carboxylic acids is 2. The molecule has 0 saturated carbocycles. The Morgan fingerprint density at radius 2 is 1.86 bits per heavy atom. The number of amides is 3. The normalized spacial score (nSPS) is 10.6. The highest BCUT2D eigenvalue weighted by molar-refractivity contribution is 7.99. The monoisotopic (exact) mass is 449 g/mol.